The number of hydrogen-bond donors (Lipinski definition) is 2. The van der Waals surface area contributed by atoms with Crippen LogP contribution in [0, 0.1) is 0 Å². The molecule has 0 saturated carbocycles. The minimum atomic E-state index is -0.715. The van der Waals surface area contributed by atoms with Crippen LogP contribution in [0.3, 0.4) is 0 Å². The molecule has 0 spiro atoms. The lowest BCUT2D eigenvalue weighted by molar-refractivity contribution is 0.101. The van der Waals surface area contributed by atoms with Crippen molar-refractivity contribution < 1.29 is 24.1 Å². The van der Waals surface area contributed by atoms with Crippen molar-refractivity contribution in [1.29, 1.82) is 0 Å². The molecule has 1 aromatic heterocycles. The molecule has 0 fully saturated rings. The molecule has 37 heavy (non-hydrogen) atoms. The summed E-state index contributed by atoms with van der Waals surface area (Å²) in [6, 6.07) is 27.8. The van der Waals surface area contributed by atoms with Crippen LogP contribution < -0.4 is 14.8 Å². The Hall–Kier alpha value is -3.81. The second-order valence-electron chi connectivity index (χ2n) is 9.02. The Morgan fingerprint density at radius 1 is 0.973 bits per heavy atom. The van der Waals surface area contributed by atoms with Gasteiger partial charge < -0.3 is 29.2 Å². The number of aromatic nitrogens is 1. The third kappa shape index (κ3) is 7.59. The zero-order chi connectivity index (χ0) is 26.0. The topological polar surface area (TPSA) is 82.0 Å². The van der Waals surface area contributed by atoms with Gasteiger partial charge in [0.25, 0.3) is 0 Å². The van der Waals surface area contributed by atoms with Crippen molar-refractivity contribution >= 4 is 17.1 Å². The van der Waals surface area contributed by atoms with E-state index in [2.05, 4.69) is 30.4 Å². The average Bonchev–Trinajstić information content (AvgIpc) is 3.23. The van der Waals surface area contributed by atoms with E-state index in [9.17, 15) is 9.90 Å². The van der Waals surface area contributed by atoms with Gasteiger partial charge in [-0.15, -0.1) is 0 Å². The lowest BCUT2D eigenvalue weighted by Gasteiger charge is -2.18. The Morgan fingerprint density at radius 3 is 2.43 bits per heavy atom. The van der Waals surface area contributed by atoms with Crippen LogP contribution in [0.15, 0.2) is 84.9 Å². The van der Waals surface area contributed by atoms with E-state index < -0.39 is 12.3 Å². The van der Waals surface area contributed by atoms with Crippen molar-refractivity contribution in [3.05, 3.63) is 96.1 Å². The zero-order valence-electron chi connectivity index (χ0n) is 21.3. The summed E-state index contributed by atoms with van der Waals surface area (Å²) < 4.78 is 18.1. The SMILES string of the molecule is CCOC(=O)Oc1cc2cc(C[C@@H](C)NC[C@H](O)COc3ccccc3)ccc2n1Cc1ccccc1. The predicted molar refractivity (Wildman–Crippen MR) is 144 cm³/mol. The maximum Gasteiger partial charge on any atom is 0.515 e. The van der Waals surface area contributed by atoms with Crippen LogP contribution in [0.4, 0.5) is 4.79 Å². The Labute approximate surface area is 217 Å². The summed E-state index contributed by atoms with van der Waals surface area (Å²) in [6.45, 7) is 5.32. The van der Waals surface area contributed by atoms with Gasteiger partial charge in [0, 0.05) is 24.0 Å². The molecule has 4 aromatic rings. The summed E-state index contributed by atoms with van der Waals surface area (Å²) >= 11 is 0. The van der Waals surface area contributed by atoms with Gasteiger partial charge in [-0.3, -0.25) is 0 Å². The maximum absolute atomic E-state index is 12.1. The number of aliphatic hydroxyl groups excluding tert-OH is 1. The number of rotatable bonds is 12. The fourth-order valence-electron chi connectivity index (χ4n) is 4.20. The molecule has 2 atom stereocenters. The van der Waals surface area contributed by atoms with E-state index in [-0.39, 0.29) is 19.3 Å². The largest absolute Gasteiger partial charge is 0.515 e. The van der Waals surface area contributed by atoms with Gasteiger partial charge in [-0.1, -0.05) is 54.6 Å². The third-order valence-corrected chi connectivity index (χ3v) is 5.99. The molecule has 0 saturated heterocycles. The summed E-state index contributed by atoms with van der Waals surface area (Å²) in [5.41, 5.74) is 3.22. The number of carbonyl (C=O) groups excluding carboxylic acids is 1. The summed E-state index contributed by atoms with van der Waals surface area (Å²) in [6.07, 6.45) is -0.549. The zero-order valence-corrected chi connectivity index (χ0v) is 21.3. The molecule has 7 nitrogen and oxygen atoms in total. The van der Waals surface area contributed by atoms with Crippen LogP contribution in [0.2, 0.25) is 0 Å². The first-order valence-corrected chi connectivity index (χ1v) is 12.6. The van der Waals surface area contributed by atoms with Crippen molar-refractivity contribution in [3.63, 3.8) is 0 Å². The van der Waals surface area contributed by atoms with Crippen molar-refractivity contribution in [1.82, 2.24) is 9.88 Å². The lowest BCUT2D eigenvalue weighted by atomic mass is 10.1. The third-order valence-electron chi connectivity index (χ3n) is 5.99. The van der Waals surface area contributed by atoms with E-state index in [0.29, 0.717) is 19.0 Å². The van der Waals surface area contributed by atoms with Crippen molar-refractivity contribution in [2.45, 2.75) is 39.0 Å². The maximum atomic E-state index is 12.1. The molecule has 7 heteroatoms. The van der Waals surface area contributed by atoms with E-state index in [1.165, 1.54) is 0 Å². The fourth-order valence-corrected chi connectivity index (χ4v) is 4.20. The molecule has 0 aliphatic carbocycles. The minimum Gasteiger partial charge on any atom is -0.491 e. The van der Waals surface area contributed by atoms with E-state index in [4.69, 9.17) is 14.2 Å². The molecule has 0 aliphatic rings. The Kier molecular flexibility index (Phi) is 9.18. The van der Waals surface area contributed by atoms with Gasteiger partial charge in [-0.2, -0.15) is 0 Å². The number of para-hydroxylation sites is 1. The monoisotopic (exact) mass is 502 g/mol. The Balaban J connectivity index is 1.40. The normalized spacial score (nSPS) is 12.7. The predicted octanol–water partition coefficient (Wildman–Crippen LogP) is 5.19. The quantitative estimate of drug-likeness (QED) is 0.260. The molecule has 0 unspecified atom stereocenters. The Bertz CT molecular complexity index is 1270. The second-order valence-corrected chi connectivity index (χ2v) is 9.02. The fraction of sp³-hybridized carbons (Fsp3) is 0.300. The standard InChI is InChI=1S/C30H34N2O5/c1-3-35-30(34)37-29-18-25-17-24(14-15-28(25)32(29)20-23-10-6-4-7-11-23)16-22(2)31-19-26(33)21-36-27-12-8-5-9-13-27/h4-15,17-18,22,26,31,33H,3,16,19-21H2,1-2H3/t22-,26+/m1/s1. The molecule has 0 bridgehead atoms. The van der Waals surface area contributed by atoms with Gasteiger partial charge in [-0.05, 0) is 55.7 Å². The molecule has 1 heterocycles. The molecule has 0 amide bonds. The number of nitrogens with zero attached hydrogens (tertiary/aromatic N) is 1. The lowest BCUT2D eigenvalue weighted by Crippen LogP contribution is -2.37. The first-order valence-electron chi connectivity index (χ1n) is 12.6. The molecule has 194 valence electrons. The molecule has 2 N–H and O–H groups in total. The van der Waals surface area contributed by atoms with E-state index in [0.717, 1.165) is 34.2 Å². The van der Waals surface area contributed by atoms with E-state index in [1.54, 1.807) is 6.92 Å². The minimum absolute atomic E-state index is 0.144. The number of hydrogen-bond acceptors (Lipinski definition) is 6. The van der Waals surface area contributed by atoms with Gasteiger partial charge >= 0.3 is 6.16 Å². The molecule has 3 aromatic carbocycles. The van der Waals surface area contributed by atoms with Crippen LogP contribution in [0.5, 0.6) is 11.6 Å². The van der Waals surface area contributed by atoms with E-state index in [1.807, 2.05) is 71.3 Å². The van der Waals surface area contributed by atoms with Crippen LogP contribution in [-0.2, 0) is 17.7 Å². The van der Waals surface area contributed by atoms with Crippen LogP contribution in [-0.4, -0.2) is 47.7 Å². The van der Waals surface area contributed by atoms with Gasteiger partial charge in [0.2, 0.25) is 5.88 Å². The number of nitrogens with one attached hydrogen (secondary N) is 1. The molecule has 0 radical (unpaired) electrons. The highest BCUT2D eigenvalue weighted by Gasteiger charge is 2.16. The Morgan fingerprint density at radius 2 is 1.70 bits per heavy atom. The molecular weight excluding hydrogens is 468 g/mol. The number of aliphatic hydroxyl groups is 1. The number of ether oxygens (including phenoxy) is 3. The summed E-state index contributed by atoms with van der Waals surface area (Å²) in [4.78, 5) is 12.1. The van der Waals surface area contributed by atoms with Crippen LogP contribution in [0.1, 0.15) is 25.0 Å². The molecule has 0 aliphatic heterocycles. The molecule has 4 rings (SSSR count). The second kappa shape index (κ2) is 12.9. The summed E-state index contributed by atoms with van der Waals surface area (Å²) in [7, 11) is 0. The first-order chi connectivity index (χ1) is 18.0. The van der Waals surface area contributed by atoms with Gasteiger partial charge in [0.1, 0.15) is 18.5 Å². The average molecular weight is 503 g/mol. The van der Waals surface area contributed by atoms with E-state index >= 15 is 0 Å². The molecular formula is C30H34N2O5. The van der Waals surface area contributed by atoms with Gasteiger partial charge in [0.15, 0.2) is 0 Å². The van der Waals surface area contributed by atoms with Crippen LogP contribution in [0.25, 0.3) is 10.9 Å². The summed E-state index contributed by atoms with van der Waals surface area (Å²) in [5.74, 6) is 1.19. The highest BCUT2D eigenvalue weighted by Crippen LogP contribution is 2.28. The number of benzene rings is 3. The highest BCUT2D eigenvalue weighted by molar-refractivity contribution is 5.84. The number of carbonyl (C=O) groups is 1. The van der Waals surface area contributed by atoms with Crippen molar-refractivity contribution in [3.8, 4) is 11.6 Å². The smallest absolute Gasteiger partial charge is 0.491 e. The van der Waals surface area contributed by atoms with Crippen LogP contribution >= 0.6 is 0 Å². The van der Waals surface area contributed by atoms with Crippen molar-refractivity contribution in [2.75, 3.05) is 19.8 Å². The highest BCUT2D eigenvalue weighted by atomic mass is 16.7. The van der Waals surface area contributed by atoms with Crippen molar-refractivity contribution in [2.24, 2.45) is 0 Å². The first kappa shape index (κ1) is 26.3. The summed E-state index contributed by atoms with van der Waals surface area (Å²) in [5, 5.41) is 14.7. The van der Waals surface area contributed by atoms with Gasteiger partial charge in [0.05, 0.1) is 18.7 Å². The van der Waals surface area contributed by atoms with Gasteiger partial charge in [-0.25, -0.2) is 4.79 Å². The number of fused-ring (bicyclic) bond motifs is 1.